The van der Waals surface area contributed by atoms with E-state index in [1.54, 1.807) is 12.4 Å². The minimum atomic E-state index is -0.745. The van der Waals surface area contributed by atoms with Crippen molar-refractivity contribution in [3.63, 3.8) is 0 Å². The third-order valence-electron chi connectivity index (χ3n) is 2.11. The van der Waals surface area contributed by atoms with Gasteiger partial charge in [-0.25, -0.2) is 4.98 Å². The largest absolute Gasteiger partial charge is 0.481 e. The predicted molar refractivity (Wildman–Crippen MR) is 48.5 cm³/mol. The lowest BCUT2D eigenvalue weighted by Gasteiger charge is -2.09. The van der Waals surface area contributed by atoms with Crippen molar-refractivity contribution in [1.29, 1.82) is 0 Å². The Hall–Kier alpha value is -1.32. The average Bonchev–Trinajstić information content (AvgIpc) is 2.58. The first-order chi connectivity index (χ1) is 6.24. The van der Waals surface area contributed by atoms with Gasteiger partial charge in [-0.2, -0.15) is 0 Å². The number of carbonyl (C=O) groups is 1. The number of nitrogens with zero attached hydrogens (tertiary/aromatic N) is 1. The van der Waals surface area contributed by atoms with Gasteiger partial charge < -0.3 is 10.1 Å². The zero-order chi connectivity index (χ0) is 9.68. The molecule has 0 aromatic carbocycles. The molecule has 13 heavy (non-hydrogen) atoms. The first-order valence-electron chi connectivity index (χ1n) is 4.45. The quantitative estimate of drug-likeness (QED) is 0.729. The summed E-state index contributed by atoms with van der Waals surface area (Å²) in [6.07, 6.45) is 5.23. The average molecular weight is 182 g/mol. The minimum absolute atomic E-state index is 0.208. The zero-order valence-corrected chi connectivity index (χ0v) is 7.66. The van der Waals surface area contributed by atoms with E-state index in [1.807, 2.05) is 6.92 Å². The maximum Gasteiger partial charge on any atom is 0.303 e. The molecule has 0 aliphatic heterocycles. The summed E-state index contributed by atoms with van der Waals surface area (Å²) in [4.78, 5) is 17.5. The first-order valence-corrected chi connectivity index (χ1v) is 4.45. The van der Waals surface area contributed by atoms with Crippen LogP contribution in [0.3, 0.4) is 0 Å². The summed E-state index contributed by atoms with van der Waals surface area (Å²) < 4.78 is 0. The maximum atomic E-state index is 10.4. The smallest absolute Gasteiger partial charge is 0.303 e. The Bertz CT molecular complexity index is 257. The van der Waals surface area contributed by atoms with E-state index >= 15 is 0 Å². The van der Waals surface area contributed by atoms with Gasteiger partial charge in [0.2, 0.25) is 0 Å². The summed E-state index contributed by atoms with van der Waals surface area (Å²) in [7, 11) is 0. The number of carboxylic acid groups (broad SMARTS) is 1. The van der Waals surface area contributed by atoms with Crippen LogP contribution in [0.1, 0.15) is 37.9 Å². The molecule has 72 valence electrons. The second-order valence-electron chi connectivity index (χ2n) is 3.01. The van der Waals surface area contributed by atoms with Gasteiger partial charge in [-0.15, -0.1) is 0 Å². The van der Waals surface area contributed by atoms with Gasteiger partial charge in [-0.1, -0.05) is 6.92 Å². The van der Waals surface area contributed by atoms with E-state index in [1.165, 1.54) is 0 Å². The van der Waals surface area contributed by atoms with Crippen LogP contribution in [0.4, 0.5) is 0 Å². The van der Waals surface area contributed by atoms with Crippen LogP contribution in [0, 0.1) is 0 Å². The normalized spacial score (nSPS) is 12.7. The number of hydrogen-bond acceptors (Lipinski definition) is 2. The number of nitrogens with one attached hydrogen (secondary N) is 1. The van der Waals surface area contributed by atoms with E-state index < -0.39 is 5.97 Å². The van der Waals surface area contributed by atoms with E-state index in [0.717, 1.165) is 12.2 Å². The molecule has 1 aromatic rings. The third-order valence-corrected chi connectivity index (χ3v) is 2.11. The summed E-state index contributed by atoms with van der Waals surface area (Å²) in [5, 5.41) is 8.52. The molecule has 0 saturated heterocycles. The summed E-state index contributed by atoms with van der Waals surface area (Å²) in [5.74, 6) is 0.389. The van der Waals surface area contributed by atoms with E-state index in [-0.39, 0.29) is 12.3 Å². The van der Waals surface area contributed by atoms with Crippen molar-refractivity contribution in [2.75, 3.05) is 0 Å². The molecule has 1 atom stereocenters. The van der Waals surface area contributed by atoms with Gasteiger partial charge in [0.25, 0.3) is 0 Å². The number of carboxylic acids is 1. The molecule has 1 unspecified atom stereocenters. The van der Waals surface area contributed by atoms with Gasteiger partial charge >= 0.3 is 5.97 Å². The lowest BCUT2D eigenvalue weighted by atomic mass is 10.00. The van der Waals surface area contributed by atoms with Crippen LogP contribution in [0.25, 0.3) is 0 Å². The highest BCUT2D eigenvalue weighted by Crippen LogP contribution is 2.20. The summed E-state index contributed by atoms with van der Waals surface area (Å²) in [5.41, 5.74) is 0. The third kappa shape index (κ3) is 2.89. The standard InChI is InChI=1S/C9H14N2O2/c1-2-7(3-4-8(12)13)9-10-5-6-11-9/h5-7H,2-4H2,1H3,(H,10,11)(H,12,13). The first kappa shape index (κ1) is 9.77. The van der Waals surface area contributed by atoms with Crippen LogP contribution >= 0.6 is 0 Å². The molecule has 0 radical (unpaired) electrons. The van der Waals surface area contributed by atoms with Gasteiger partial charge in [0.05, 0.1) is 0 Å². The van der Waals surface area contributed by atoms with Crippen LogP contribution < -0.4 is 0 Å². The Balaban J connectivity index is 2.49. The monoisotopic (exact) mass is 182 g/mol. The highest BCUT2D eigenvalue weighted by Gasteiger charge is 2.12. The lowest BCUT2D eigenvalue weighted by Crippen LogP contribution is -2.03. The molecule has 0 aliphatic rings. The lowest BCUT2D eigenvalue weighted by molar-refractivity contribution is -0.137. The topological polar surface area (TPSA) is 66.0 Å². The van der Waals surface area contributed by atoms with Gasteiger partial charge in [0, 0.05) is 24.7 Å². The van der Waals surface area contributed by atoms with Gasteiger partial charge in [0.15, 0.2) is 0 Å². The van der Waals surface area contributed by atoms with Crippen LogP contribution in [0.15, 0.2) is 12.4 Å². The predicted octanol–water partition coefficient (Wildman–Crippen LogP) is 1.77. The van der Waals surface area contributed by atoms with Crippen molar-refractivity contribution < 1.29 is 9.90 Å². The molecule has 0 bridgehead atoms. The van der Waals surface area contributed by atoms with Crippen LogP contribution in [-0.2, 0) is 4.79 Å². The van der Waals surface area contributed by atoms with E-state index in [0.29, 0.717) is 6.42 Å². The Morgan fingerprint density at radius 1 is 1.77 bits per heavy atom. The number of hydrogen-bond donors (Lipinski definition) is 2. The highest BCUT2D eigenvalue weighted by atomic mass is 16.4. The Kier molecular flexibility index (Phi) is 3.49. The van der Waals surface area contributed by atoms with Crippen LogP contribution in [-0.4, -0.2) is 21.0 Å². The van der Waals surface area contributed by atoms with Crippen molar-refractivity contribution in [3.8, 4) is 0 Å². The van der Waals surface area contributed by atoms with E-state index in [2.05, 4.69) is 9.97 Å². The number of imidazole rings is 1. The number of aliphatic carboxylic acids is 1. The number of aromatic nitrogens is 2. The van der Waals surface area contributed by atoms with Gasteiger partial charge in [0.1, 0.15) is 5.82 Å². The molecule has 1 heterocycles. The van der Waals surface area contributed by atoms with Crippen molar-refractivity contribution >= 4 is 5.97 Å². The molecular weight excluding hydrogens is 168 g/mol. The molecule has 1 rings (SSSR count). The summed E-state index contributed by atoms with van der Waals surface area (Å²) >= 11 is 0. The molecule has 0 aliphatic carbocycles. The second-order valence-corrected chi connectivity index (χ2v) is 3.01. The van der Waals surface area contributed by atoms with Gasteiger partial charge in [-0.05, 0) is 12.8 Å². The van der Waals surface area contributed by atoms with Crippen molar-refractivity contribution in [3.05, 3.63) is 18.2 Å². The van der Waals surface area contributed by atoms with Crippen LogP contribution in [0.2, 0.25) is 0 Å². The van der Waals surface area contributed by atoms with Crippen molar-refractivity contribution in [1.82, 2.24) is 9.97 Å². The molecule has 0 amide bonds. The van der Waals surface area contributed by atoms with Gasteiger partial charge in [-0.3, -0.25) is 4.79 Å². The van der Waals surface area contributed by atoms with Crippen LogP contribution in [0.5, 0.6) is 0 Å². The molecule has 0 fully saturated rings. The Morgan fingerprint density at radius 3 is 3.00 bits per heavy atom. The fourth-order valence-corrected chi connectivity index (χ4v) is 1.33. The maximum absolute atomic E-state index is 10.4. The number of aromatic amines is 1. The SMILES string of the molecule is CCC(CCC(=O)O)c1ncc[nH]1. The molecular formula is C9H14N2O2. The van der Waals surface area contributed by atoms with Crippen molar-refractivity contribution in [2.45, 2.75) is 32.1 Å². The van der Waals surface area contributed by atoms with E-state index in [9.17, 15) is 4.79 Å². The van der Waals surface area contributed by atoms with Crippen molar-refractivity contribution in [2.24, 2.45) is 0 Å². The summed E-state index contributed by atoms with van der Waals surface area (Å²) in [6.45, 7) is 2.04. The Morgan fingerprint density at radius 2 is 2.54 bits per heavy atom. The molecule has 0 saturated carbocycles. The molecule has 0 spiro atoms. The fraction of sp³-hybridized carbons (Fsp3) is 0.556. The second kappa shape index (κ2) is 4.64. The number of rotatable bonds is 5. The minimum Gasteiger partial charge on any atom is -0.481 e. The molecule has 4 heteroatoms. The van der Waals surface area contributed by atoms with E-state index in [4.69, 9.17) is 5.11 Å². The molecule has 4 nitrogen and oxygen atoms in total. The zero-order valence-electron chi connectivity index (χ0n) is 7.66. The summed E-state index contributed by atoms with van der Waals surface area (Å²) in [6, 6.07) is 0. The highest BCUT2D eigenvalue weighted by molar-refractivity contribution is 5.66. The molecule has 1 aromatic heterocycles. The fourth-order valence-electron chi connectivity index (χ4n) is 1.33. The molecule has 2 N–H and O–H groups in total. The Labute approximate surface area is 77.0 Å². The number of H-pyrrole nitrogens is 1.